The van der Waals surface area contributed by atoms with Crippen LogP contribution in [0.25, 0.3) is 21.9 Å². The number of fused-ring (bicyclic) bond motifs is 2. The van der Waals surface area contributed by atoms with Gasteiger partial charge in [-0.05, 0) is 39.8 Å². The molecular weight excluding hydrogens is 432 g/mol. The van der Waals surface area contributed by atoms with E-state index in [9.17, 15) is 14.4 Å². The molecule has 0 spiro atoms. The maximum Gasteiger partial charge on any atom is 0.360 e. The van der Waals surface area contributed by atoms with E-state index in [4.69, 9.17) is 8.83 Å². The minimum absolute atomic E-state index is 0.205. The Labute approximate surface area is 197 Å². The van der Waals surface area contributed by atoms with Crippen LogP contribution in [-0.2, 0) is 0 Å². The van der Waals surface area contributed by atoms with Gasteiger partial charge in [0.15, 0.2) is 5.78 Å². The van der Waals surface area contributed by atoms with Gasteiger partial charge in [-0.2, -0.15) is 0 Å². The Bertz CT molecular complexity index is 1370. The van der Waals surface area contributed by atoms with E-state index in [1.165, 1.54) is 0 Å². The zero-order chi connectivity index (χ0) is 24.4. The Hall–Kier alpha value is -3.87. The van der Waals surface area contributed by atoms with Crippen LogP contribution in [0.4, 0.5) is 11.4 Å². The maximum atomic E-state index is 14.5. The highest BCUT2D eigenvalue weighted by atomic mass is 16.4. The van der Waals surface area contributed by atoms with E-state index in [1.54, 1.807) is 48.5 Å². The number of hydrogen-bond acceptors (Lipinski definition) is 7. The van der Waals surface area contributed by atoms with E-state index in [2.05, 4.69) is 0 Å². The third kappa shape index (κ3) is 3.77. The van der Waals surface area contributed by atoms with E-state index in [0.717, 1.165) is 0 Å². The number of nitrogens with zero attached hydrogens (tertiary/aromatic N) is 2. The molecule has 2 aromatic carbocycles. The quantitative estimate of drug-likeness (QED) is 0.275. The van der Waals surface area contributed by atoms with Crippen LogP contribution in [0.5, 0.6) is 0 Å². The Balaban J connectivity index is 2.18. The van der Waals surface area contributed by atoms with E-state index in [1.807, 2.05) is 37.5 Å². The van der Waals surface area contributed by atoms with Crippen LogP contribution in [0.1, 0.15) is 43.6 Å². The second-order valence-electron chi connectivity index (χ2n) is 7.89. The minimum Gasteiger partial charge on any atom is -0.421 e. The molecular formula is C27H28N2O5. The molecule has 4 rings (SSSR count). The molecule has 0 fully saturated rings. The van der Waals surface area contributed by atoms with Crippen molar-refractivity contribution >= 4 is 39.1 Å². The average Bonchev–Trinajstić information content (AvgIpc) is 2.85. The Morgan fingerprint density at radius 2 is 1.00 bits per heavy atom. The van der Waals surface area contributed by atoms with Crippen LogP contribution in [0.3, 0.4) is 0 Å². The molecule has 176 valence electrons. The molecule has 0 unspecified atom stereocenters. The molecule has 0 bridgehead atoms. The van der Waals surface area contributed by atoms with Crippen molar-refractivity contribution in [3.8, 4) is 0 Å². The molecule has 0 N–H and O–H groups in total. The van der Waals surface area contributed by atoms with Crippen molar-refractivity contribution in [3.05, 3.63) is 80.5 Å². The van der Waals surface area contributed by atoms with Gasteiger partial charge in [-0.25, -0.2) is 9.59 Å². The minimum atomic E-state index is -0.581. The zero-order valence-corrected chi connectivity index (χ0v) is 19.9. The van der Waals surface area contributed by atoms with Crippen molar-refractivity contribution in [1.29, 1.82) is 0 Å². The molecule has 0 saturated carbocycles. The second-order valence-corrected chi connectivity index (χ2v) is 7.89. The predicted molar refractivity (Wildman–Crippen MR) is 136 cm³/mol. The Morgan fingerprint density at radius 1 is 0.647 bits per heavy atom. The highest BCUT2D eigenvalue weighted by molar-refractivity contribution is 6.25. The van der Waals surface area contributed by atoms with Gasteiger partial charge >= 0.3 is 11.3 Å². The molecule has 0 aliphatic heterocycles. The topological polar surface area (TPSA) is 84.0 Å². The summed E-state index contributed by atoms with van der Waals surface area (Å²) < 4.78 is 11.2. The monoisotopic (exact) mass is 460 g/mol. The Kier molecular flexibility index (Phi) is 6.54. The van der Waals surface area contributed by atoms with Gasteiger partial charge in [-0.15, -0.1) is 0 Å². The third-order valence-corrected chi connectivity index (χ3v) is 6.19. The molecule has 0 aliphatic rings. The van der Waals surface area contributed by atoms with Gasteiger partial charge in [0.05, 0.1) is 11.1 Å². The lowest BCUT2D eigenvalue weighted by Crippen LogP contribution is -2.32. The summed E-state index contributed by atoms with van der Waals surface area (Å²) >= 11 is 0. The number of anilines is 2. The van der Waals surface area contributed by atoms with Crippen molar-refractivity contribution in [2.75, 3.05) is 36.0 Å². The lowest BCUT2D eigenvalue weighted by atomic mass is 9.94. The van der Waals surface area contributed by atoms with Gasteiger partial charge in [0.1, 0.15) is 22.5 Å². The van der Waals surface area contributed by atoms with E-state index >= 15 is 0 Å². The zero-order valence-electron chi connectivity index (χ0n) is 19.9. The smallest absolute Gasteiger partial charge is 0.360 e. The number of benzene rings is 2. The number of carbonyl (C=O) groups is 1. The largest absolute Gasteiger partial charge is 0.421 e. The fraction of sp³-hybridized carbons (Fsp3) is 0.296. The van der Waals surface area contributed by atoms with Crippen LogP contribution >= 0.6 is 0 Å². The summed E-state index contributed by atoms with van der Waals surface area (Å²) in [5, 5.41) is 1.05. The van der Waals surface area contributed by atoms with Crippen molar-refractivity contribution in [2.45, 2.75) is 27.7 Å². The third-order valence-electron chi connectivity index (χ3n) is 6.19. The summed E-state index contributed by atoms with van der Waals surface area (Å²) in [5.41, 5.74) is 0.365. The Morgan fingerprint density at radius 3 is 1.35 bits per heavy atom. The first kappa shape index (κ1) is 23.3. The van der Waals surface area contributed by atoms with Crippen molar-refractivity contribution in [1.82, 2.24) is 0 Å². The highest BCUT2D eigenvalue weighted by Gasteiger charge is 2.30. The van der Waals surface area contributed by atoms with Crippen LogP contribution in [0, 0.1) is 0 Å². The molecule has 0 radical (unpaired) electrons. The SMILES string of the molecule is CCN(CC)c1c(C(=O)c2c(N(CC)CC)c(=O)oc3ccccc23)c2ccccc2oc1=O. The van der Waals surface area contributed by atoms with Gasteiger partial charge in [-0.1, -0.05) is 36.4 Å². The summed E-state index contributed by atoms with van der Waals surface area (Å²) in [4.78, 5) is 44.4. The normalized spacial score (nSPS) is 11.2. The predicted octanol–water partition coefficient (Wildman–Crippen LogP) is 4.82. The van der Waals surface area contributed by atoms with E-state index in [0.29, 0.717) is 48.1 Å². The summed E-state index contributed by atoms with van der Waals surface area (Å²) in [6.07, 6.45) is 0. The lowest BCUT2D eigenvalue weighted by Gasteiger charge is -2.25. The average molecular weight is 461 g/mol. The molecule has 0 aliphatic carbocycles. The summed E-state index contributed by atoms with van der Waals surface area (Å²) in [7, 11) is 0. The summed E-state index contributed by atoms with van der Waals surface area (Å²) in [5.74, 6) is -0.406. The fourth-order valence-corrected chi connectivity index (χ4v) is 4.52. The van der Waals surface area contributed by atoms with Gasteiger partial charge < -0.3 is 18.6 Å². The molecule has 2 heterocycles. The lowest BCUT2D eigenvalue weighted by molar-refractivity contribution is 0.104. The molecule has 7 nitrogen and oxygen atoms in total. The van der Waals surface area contributed by atoms with Gasteiger partial charge in [-0.3, -0.25) is 4.79 Å². The number of carbonyl (C=O) groups excluding carboxylic acids is 1. The second kappa shape index (κ2) is 9.55. The van der Waals surface area contributed by atoms with Crippen LogP contribution in [0.2, 0.25) is 0 Å². The number of ketones is 1. The van der Waals surface area contributed by atoms with Gasteiger partial charge in [0, 0.05) is 37.0 Å². The first-order valence-corrected chi connectivity index (χ1v) is 11.6. The standard InChI is InChI=1S/C27H28N2O5/c1-5-28(6-2)23-21(17-13-9-11-15-19(17)33-26(23)31)25(30)22-18-14-10-12-16-20(18)34-27(32)24(22)29(7-3)8-4/h9-16H,5-8H2,1-4H3. The molecule has 34 heavy (non-hydrogen) atoms. The van der Waals surface area contributed by atoms with Crippen LogP contribution in [-0.4, -0.2) is 32.0 Å². The fourth-order valence-electron chi connectivity index (χ4n) is 4.52. The molecule has 4 aromatic rings. The molecule has 2 aromatic heterocycles. The first-order valence-electron chi connectivity index (χ1n) is 11.6. The number of rotatable bonds is 8. The van der Waals surface area contributed by atoms with Gasteiger partial charge in [0.2, 0.25) is 0 Å². The van der Waals surface area contributed by atoms with Gasteiger partial charge in [0.25, 0.3) is 0 Å². The number of hydrogen-bond donors (Lipinski definition) is 0. The van der Waals surface area contributed by atoms with Crippen LogP contribution < -0.4 is 21.1 Å². The van der Waals surface area contributed by atoms with Crippen LogP contribution in [0.15, 0.2) is 67.0 Å². The first-order chi connectivity index (χ1) is 16.5. The summed E-state index contributed by atoms with van der Waals surface area (Å²) in [6, 6.07) is 14.0. The summed E-state index contributed by atoms with van der Waals surface area (Å²) in [6.45, 7) is 9.73. The molecule has 0 amide bonds. The molecule has 7 heteroatoms. The highest BCUT2D eigenvalue weighted by Crippen LogP contribution is 2.34. The van der Waals surface area contributed by atoms with E-state index in [-0.39, 0.29) is 22.5 Å². The number of para-hydroxylation sites is 2. The maximum absolute atomic E-state index is 14.5. The van der Waals surface area contributed by atoms with E-state index < -0.39 is 17.0 Å². The molecule has 0 atom stereocenters. The van der Waals surface area contributed by atoms with Crippen molar-refractivity contribution < 1.29 is 13.6 Å². The molecule has 0 saturated heterocycles. The van der Waals surface area contributed by atoms with Crippen molar-refractivity contribution in [2.24, 2.45) is 0 Å². The van der Waals surface area contributed by atoms with Crippen molar-refractivity contribution in [3.63, 3.8) is 0 Å².